The van der Waals surface area contributed by atoms with Crippen LogP contribution in [0.4, 0.5) is 11.9 Å². The zero-order valence-corrected chi connectivity index (χ0v) is 12.4. The van der Waals surface area contributed by atoms with Gasteiger partial charge in [0, 0.05) is 18.6 Å². The summed E-state index contributed by atoms with van der Waals surface area (Å²) in [6, 6.07) is 0.920. The Balaban J connectivity index is 2.13. The molecule has 106 valence electrons. The molecule has 1 aromatic heterocycles. The molecule has 1 aliphatic rings. The van der Waals surface area contributed by atoms with Crippen LogP contribution in [-0.2, 0) is 0 Å². The van der Waals surface area contributed by atoms with E-state index in [0.717, 1.165) is 6.54 Å². The molecular weight excluding hydrogens is 264 g/mol. The average Bonchev–Trinajstić information content (AvgIpc) is 2.34. The second-order valence-corrected chi connectivity index (χ2v) is 5.27. The maximum absolute atomic E-state index is 5.92. The number of hydrogen-bond acceptors (Lipinski definition) is 6. The van der Waals surface area contributed by atoms with Crippen LogP contribution in [0.5, 0.6) is 0 Å². The van der Waals surface area contributed by atoms with Crippen molar-refractivity contribution in [3.8, 4) is 0 Å². The van der Waals surface area contributed by atoms with E-state index in [1.54, 1.807) is 0 Å². The van der Waals surface area contributed by atoms with Gasteiger partial charge in [-0.1, -0.05) is 6.42 Å². The van der Waals surface area contributed by atoms with Gasteiger partial charge in [0.1, 0.15) is 0 Å². The number of hydrogen-bond donors (Lipinski definition) is 2. The average molecular weight is 285 g/mol. The normalized spacial score (nSPS) is 24.2. The van der Waals surface area contributed by atoms with E-state index in [0.29, 0.717) is 24.0 Å². The molecule has 2 N–H and O–H groups in total. The lowest BCUT2D eigenvalue weighted by Crippen LogP contribution is -2.47. The summed E-state index contributed by atoms with van der Waals surface area (Å²) >= 11 is 5.92. The largest absolute Gasteiger partial charge is 0.354 e. The molecule has 0 aromatic carbocycles. The quantitative estimate of drug-likeness (QED) is 0.886. The summed E-state index contributed by atoms with van der Waals surface area (Å²) in [5.74, 6) is 0.999. The first-order chi connectivity index (χ1) is 9.10. The number of halogens is 1. The Morgan fingerprint density at radius 1 is 1.16 bits per heavy atom. The van der Waals surface area contributed by atoms with Crippen LogP contribution < -0.4 is 10.7 Å². The van der Waals surface area contributed by atoms with Gasteiger partial charge >= 0.3 is 0 Å². The number of hydrazine groups is 1. The number of aromatic nitrogens is 3. The Morgan fingerprint density at radius 3 is 2.42 bits per heavy atom. The summed E-state index contributed by atoms with van der Waals surface area (Å²) in [4.78, 5) is 12.5. The van der Waals surface area contributed by atoms with E-state index in [9.17, 15) is 0 Å². The number of anilines is 2. The monoisotopic (exact) mass is 284 g/mol. The SMILES string of the molecule is CCNc1nc(Cl)nc(NN2C(C)CCCC2C)n1. The standard InChI is InChI=1S/C12H21ClN6/c1-4-14-11-15-10(13)16-12(17-11)18-19-8(2)6-5-7-9(19)3/h8-9H,4-7H2,1-3H3,(H2,14,15,16,17,18). The van der Waals surface area contributed by atoms with Crippen molar-refractivity contribution in [3.63, 3.8) is 0 Å². The summed E-state index contributed by atoms with van der Waals surface area (Å²) < 4.78 is 0. The number of rotatable bonds is 4. The summed E-state index contributed by atoms with van der Waals surface area (Å²) in [5, 5.41) is 5.44. The molecule has 19 heavy (non-hydrogen) atoms. The summed E-state index contributed by atoms with van der Waals surface area (Å²) in [5.41, 5.74) is 3.27. The van der Waals surface area contributed by atoms with Crippen molar-refractivity contribution in [2.24, 2.45) is 0 Å². The predicted octanol–water partition coefficient (Wildman–Crippen LogP) is 2.55. The first-order valence-electron chi connectivity index (χ1n) is 6.80. The molecule has 2 atom stereocenters. The lowest BCUT2D eigenvalue weighted by atomic mass is 10.00. The van der Waals surface area contributed by atoms with Gasteiger partial charge in [-0.15, -0.1) is 0 Å². The van der Waals surface area contributed by atoms with Crippen molar-refractivity contribution in [2.75, 3.05) is 17.3 Å². The van der Waals surface area contributed by atoms with Crippen LogP contribution in [-0.4, -0.2) is 38.6 Å². The Hall–Kier alpha value is -1.14. The Bertz CT molecular complexity index is 417. The third kappa shape index (κ3) is 3.67. The Kier molecular flexibility index (Phi) is 4.76. The molecule has 0 amide bonds. The molecule has 1 fully saturated rings. The molecule has 2 rings (SSSR count). The molecule has 0 aliphatic carbocycles. The van der Waals surface area contributed by atoms with Gasteiger partial charge in [0.2, 0.25) is 17.2 Å². The van der Waals surface area contributed by atoms with Crippen LogP contribution in [0.1, 0.15) is 40.0 Å². The van der Waals surface area contributed by atoms with Gasteiger partial charge in [0.25, 0.3) is 0 Å². The van der Waals surface area contributed by atoms with E-state index < -0.39 is 0 Å². The minimum atomic E-state index is 0.200. The molecule has 7 heteroatoms. The highest BCUT2D eigenvalue weighted by atomic mass is 35.5. The van der Waals surface area contributed by atoms with Crippen molar-refractivity contribution in [2.45, 2.75) is 52.1 Å². The number of nitrogens with zero attached hydrogens (tertiary/aromatic N) is 4. The van der Waals surface area contributed by atoms with Crippen molar-refractivity contribution in [1.82, 2.24) is 20.0 Å². The third-order valence-electron chi connectivity index (χ3n) is 3.37. The molecule has 2 heterocycles. The van der Waals surface area contributed by atoms with Gasteiger partial charge in [-0.3, -0.25) is 5.43 Å². The van der Waals surface area contributed by atoms with Crippen LogP contribution in [0.25, 0.3) is 0 Å². The zero-order chi connectivity index (χ0) is 13.8. The van der Waals surface area contributed by atoms with Gasteiger partial charge < -0.3 is 5.32 Å². The molecular formula is C12H21ClN6. The maximum atomic E-state index is 5.92. The summed E-state index contributed by atoms with van der Waals surface area (Å²) in [7, 11) is 0. The Morgan fingerprint density at radius 2 is 1.79 bits per heavy atom. The molecule has 1 aliphatic heterocycles. The van der Waals surface area contributed by atoms with E-state index in [1.807, 2.05) is 6.92 Å². The highest BCUT2D eigenvalue weighted by Crippen LogP contribution is 2.22. The van der Waals surface area contributed by atoms with E-state index in [2.05, 4.69) is 44.6 Å². The predicted molar refractivity (Wildman–Crippen MR) is 77.2 cm³/mol. The van der Waals surface area contributed by atoms with E-state index >= 15 is 0 Å². The van der Waals surface area contributed by atoms with Crippen molar-refractivity contribution < 1.29 is 0 Å². The van der Waals surface area contributed by atoms with Crippen LogP contribution in [0, 0.1) is 0 Å². The van der Waals surface area contributed by atoms with E-state index in [4.69, 9.17) is 11.6 Å². The molecule has 0 bridgehead atoms. The minimum Gasteiger partial charge on any atom is -0.354 e. The van der Waals surface area contributed by atoms with Crippen molar-refractivity contribution in [3.05, 3.63) is 5.28 Å². The lowest BCUT2D eigenvalue weighted by molar-refractivity contribution is 0.134. The molecule has 2 unspecified atom stereocenters. The lowest BCUT2D eigenvalue weighted by Gasteiger charge is -2.38. The van der Waals surface area contributed by atoms with Gasteiger partial charge in [-0.05, 0) is 45.2 Å². The fourth-order valence-electron chi connectivity index (χ4n) is 2.39. The van der Waals surface area contributed by atoms with Crippen LogP contribution >= 0.6 is 11.6 Å². The highest BCUT2D eigenvalue weighted by Gasteiger charge is 2.25. The topological polar surface area (TPSA) is 66.0 Å². The van der Waals surface area contributed by atoms with Crippen LogP contribution in [0.3, 0.4) is 0 Å². The molecule has 0 saturated carbocycles. The Labute approximate surface area is 119 Å². The van der Waals surface area contributed by atoms with Gasteiger partial charge in [-0.25, -0.2) is 5.01 Å². The first kappa shape index (κ1) is 14.3. The summed E-state index contributed by atoms with van der Waals surface area (Å²) in [6.45, 7) is 7.14. The number of nitrogens with one attached hydrogen (secondary N) is 2. The van der Waals surface area contributed by atoms with Crippen molar-refractivity contribution in [1.29, 1.82) is 0 Å². The van der Waals surface area contributed by atoms with Crippen molar-refractivity contribution >= 4 is 23.5 Å². The molecule has 0 spiro atoms. The van der Waals surface area contributed by atoms with Crippen LogP contribution in [0.2, 0.25) is 5.28 Å². The molecule has 6 nitrogen and oxygen atoms in total. The minimum absolute atomic E-state index is 0.200. The van der Waals surface area contributed by atoms with Gasteiger partial charge in [0.05, 0.1) is 0 Å². The van der Waals surface area contributed by atoms with Crippen LogP contribution in [0.15, 0.2) is 0 Å². The van der Waals surface area contributed by atoms with Gasteiger partial charge in [-0.2, -0.15) is 15.0 Å². The molecule has 0 radical (unpaired) electrons. The molecule has 1 saturated heterocycles. The maximum Gasteiger partial charge on any atom is 0.243 e. The zero-order valence-electron chi connectivity index (χ0n) is 11.6. The summed E-state index contributed by atoms with van der Waals surface area (Å²) in [6.07, 6.45) is 3.62. The molecule has 1 aromatic rings. The second-order valence-electron chi connectivity index (χ2n) is 4.93. The van der Waals surface area contributed by atoms with E-state index in [1.165, 1.54) is 19.3 Å². The smallest absolute Gasteiger partial charge is 0.243 e. The first-order valence-corrected chi connectivity index (χ1v) is 7.18. The number of piperidine rings is 1. The highest BCUT2D eigenvalue weighted by molar-refractivity contribution is 6.28. The van der Waals surface area contributed by atoms with E-state index in [-0.39, 0.29) is 5.28 Å². The fraction of sp³-hybridized carbons (Fsp3) is 0.750. The second kappa shape index (κ2) is 6.34. The van der Waals surface area contributed by atoms with Gasteiger partial charge in [0.15, 0.2) is 0 Å². The third-order valence-corrected chi connectivity index (χ3v) is 3.53. The fourth-order valence-corrected chi connectivity index (χ4v) is 2.55.